The molecule has 1 aromatic carbocycles. The second-order valence-electron chi connectivity index (χ2n) is 6.43. The summed E-state index contributed by atoms with van der Waals surface area (Å²) in [7, 11) is 0. The molecular formula is C17H26N2O. The molecule has 3 rings (SSSR count). The van der Waals surface area contributed by atoms with Crippen molar-refractivity contribution in [2.45, 2.75) is 58.4 Å². The summed E-state index contributed by atoms with van der Waals surface area (Å²) in [6.45, 7) is 9.52. The van der Waals surface area contributed by atoms with Crippen LogP contribution >= 0.6 is 0 Å². The van der Waals surface area contributed by atoms with Gasteiger partial charge in [-0.2, -0.15) is 0 Å². The van der Waals surface area contributed by atoms with Crippen LogP contribution < -0.4 is 10.2 Å². The summed E-state index contributed by atoms with van der Waals surface area (Å²) in [5.41, 5.74) is 4.15. The minimum atomic E-state index is 0.315. The van der Waals surface area contributed by atoms with Crippen LogP contribution in [0.3, 0.4) is 0 Å². The van der Waals surface area contributed by atoms with Crippen LogP contribution in [0.15, 0.2) is 18.2 Å². The maximum atomic E-state index is 5.81. The van der Waals surface area contributed by atoms with Gasteiger partial charge in [-0.25, -0.2) is 0 Å². The summed E-state index contributed by atoms with van der Waals surface area (Å²) in [5.74, 6) is 0. The Morgan fingerprint density at radius 3 is 2.50 bits per heavy atom. The Morgan fingerprint density at radius 2 is 1.90 bits per heavy atom. The lowest BCUT2D eigenvalue weighted by Crippen LogP contribution is -2.45. The summed E-state index contributed by atoms with van der Waals surface area (Å²) in [6.07, 6.45) is 3.33. The van der Waals surface area contributed by atoms with Gasteiger partial charge < -0.3 is 15.0 Å². The SMILES string of the molecule is Cc1cc(N2C[C@@H](C)O[C@@H](C)C2)ccc1CNC1CC1. The molecule has 1 saturated heterocycles. The van der Waals surface area contributed by atoms with E-state index in [1.165, 1.54) is 29.7 Å². The zero-order valence-electron chi connectivity index (χ0n) is 12.9. The molecule has 0 amide bonds. The summed E-state index contributed by atoms with van der Waals surface area (Å²) in [5, 5.41) is 3.59. The van der Waals surface area contributed by atoms with Crippen molar-refractivity contribution < 1.29 is 4.74 Å². The number of nitrogens with zero attached hydrogens (tertiary/aromatic N) is 1. The first-order chi connectivity index (χ1) is 9.61. The molecule has 2 atom stereocenters. The van der Waals surface area contributed by atoms with Gasteiger partial charge in [0.05, 0.1) is 12.2 Å². The van der Waals surface area contributed by atoms with Gasteiger partial charge in [-0.15, -0.1) is 0 Å². The third-order valence-corrected chi connectivity index (χ3v) is 4.27. The molecular weight excluding hydrogens is 248 g/mol. The molecule has 1 aromatic rings. The first-order valence-corrected chi connectivity index (χ1v) is 7.85. The molecule has 1 N–H and O–H groups in total. The number of morpholine rings is 1. The van der Waals surface area contributed by atoms with E-state index >= 15 is 0 Å². The smallest absolute Gasteiger partial charge is 0.0726 e. The Balaban J connectivity index is 1.68. The van der Waals surface area contributed by atoms with Crippen LogP contribution in [0.25, 0.3) is 0 Å². The van der Waals surface area contributed by atoms with Crippen molar-refractivity contribution in [3.63, 3.8) is 0 Å². The molecule has 0 aromatic heterocycles. The normalized spacial score (nSPS) is 26.9. The molecule has 0 bridgehead atoms. The van der Waals surface area contributed by atoms with Crippen LogP contribution in [-0.4, -0.2) is 31.3 Å². The monoisotopic (exact) mass is 274 g/mol. The van der Waals surface area contributed by atoms with E-state index < -0.39 is 0 Å². The third kappa shape index (κ3) is 3.33. The van der Waals surface area contributed by atoms with Crippen LogP contribution in [0.1, 0.15) is 37.8 Å². The van der Waals surface area contributed by atoms with E-state index in [2.05, 4.69) is 49.2 Å². The van der Waals surface area contributed by atoms with E-state index in [-0.39, 0.29) is 0 Å². The van der Waals surface area contributed by atoms with Crippen LogP contribution in [0, 0.1) is 6.92 Å². The standard InChI is InChI=1S/C17H26N2O/c1-12-8-17(19-10-13(2)20-14(3)11-19)7-4-15(12)9-18-16-5-6-16/h4,7-8,13-14,16,18H,5-6,9-11H2,1-3H3/t13-,14+. The Labute approximate surface area is 122 Å². The van der Waals surface area contributed by atoms with Gasteiger partial charge in [0.25, 0.3) is 0 Å². The number of ether oxygens (including phenoxy) is 1. The van der Waals surface area contributed by atoms with E-state index in [1.807, 2.05) is 0 Å². The van der Waals surface area contributed by atoms with Gasteiger partial charge in [-0.1, -0.05) is 6.07 Å². The lowest BCUT2D eigenvalue weighted by atomic mass is 10.1. The fraction of sp³-hybridized carbons (Fsp3) is 0.647. The van der Waals surface area contributed by atoms with Crippen LogP contribution in [-0.2, 0) is 11.3 Å². The highest BCUT2D eigenvalue weighted by Crippen LogP contribution is 2.24. The van der Waals surface area contributed by atoms with Crippen LogP contribution in [0.5, 0.6) is 0 Å². The van der Waals surface area contributed by atoms with Crippen molar-refractivity contribution in [2.75, 3.05) is 18.0 Å². The van der Waals surface area contributed by atoms with E-state index in [0.717, 1.165) is 25.7 Å². The van der Waals surface area contributed by atoms with Gasteiger partial charge in [0.15, 0.2) is 0 Å². The number of rotatable bonds is 4. The van der Waals surface area contributed by atoms with Crippen molar-refractivity contribution in [3.8, 4) is 0 Å². The number of nitrogens with one attached hydrogen (secondary N) is 1. The van der Waals surface area contributed by atoms with E-state index in [9.17, 15) is 0 Å². The zero-order chi connectivity index (χ0) is 14.1. The van der Waals surface area contributed by atoms with Crippen molar-refractivity contribution in [1.82, 2.24) is 5.32 Å². The first kappa shape index (κ1) is 13.9. The van der Waals surface area contributed by atoms with Crippen molar-refractivity contribution in [2.24, 2.45) is 0 Å². The van der Waals surface area contributed by atoms with E-state index in [4.69, 9.17) is 4.74 Å². The molecule has 2 fully saturated rings. The van der Waals surface area contributed by atoms with E-state index in [1.54, 1.807) is 0 Å². The van der Waals surface area contributed by atoms with Gasteiger partial charge in [-0.3, -0.25) is 0 Å². The number of anilines is 1. The van der Waals surface area contributed by atoms with Crippen molar-refractivity contribution in [3.05, 3.63) is 29.3 Å². The second kappa shape index (κ2) is 5.74. The highest BCUT2D eigenvalue weighted by molar-refractivity contribution is 5.51. The fourth-order valence-corrected chi connectivity index (χ4v) is 3.01. The number of aryl methyl sites for hydroxylation is 1. The molecule has 3 heteroatoms. The highest BCUT2D eigenvalue weighted by Gasteiger charge is 2.23. The molecule has 2 aliphatic rings. The average molecular weight is 274 g/mol. The minimum absolute atomic E-state index is 0.315. The van der Waals surface area contributed by atoms with Gasteiger partial charge >= 0.3 is 0 Å². The molecule has 1 aliphatic carbocycles. The molecule has 110 valence electrons. The average Bonchev–Trinajstić information content (AvgIpc) is 3.20. The predicted molar refractivity (Wildman–Crippen MR) is 83.3 cm³/mol. The maximum absolute atomic E-state index is 5.81. The van der Waals surface area contributed by atoms with Gasteiger partial charge in [-0.05, 0) is 56.9 Å². The van der Waals surface area contributed by atoms with Crippen molar-refractivity contribution >= 4 is 5.69 Å². The maximum Gasteiger partial charge on any atom is 0.0726 e. The number of hydrogen-bond donors (Lipinski definition) is 1. The third-order valence-electron chi connectivity index (χ3n) is 4.27. The van der Waals surface area contributed by atoms with Gasteiger partial charge in [0.2, 0.25) is 0 Å². The number of hydrogen-bond acceptors (Lipinski definition) is 3. The zero-order valence-corrected chi connectivity index (χ0v) is 12.9. The Hall–Kier alpha value is -1.06. The molecule has 0 unspecified atom stereocenters. The van der Waals surface area contributed by atoms with Gasteiger partial charge in [0, 0.05) is 31.4 Å². The summed E-state index contributed by atoms with van der Waals surface area (Å²) in [4.78, 5) is 2.45. The Kier molecular flexibility index (Phi) is 3.99. The second-order valence-corrected chi connectivity index (χ2v) is 6.43. The predicted octanol–water partition coefficient (Wildman–Crippen LogP) is 2.86. The molecule has 1 aliphatic heterocycles. The highest BCUT2D eigenvalue weighted by atomic mass is 16.5. The van der Waals surface area contributed by atoms with Crippen molar-refractivity contribution in [1.29, 1.82) is 0 Å². The quantitative estimate of drug-likeness (QED) is 0.913. The van der Waals surface area contributed by atoms with E-state index in [0.29, 0.717) is 12.2 Å². The lowest BCUT2D eigenvalue weighted by Gasteiger charge is -2.37. The molecule has 20 heavy (non-hydrogen) atoms. The first-order valence-electron chi connectivity index (χ1n) is 7.85. The molecule has 1 heterocycles. The van der Waals surface area contributed by atoms with Gasteiger partial charge in [0.1, 0.15) is 0 Å². The Morgan fingerprint density at radius 1 is 1.20 bits per heavy atom. The Bertz CT molecular complexity index is 460. The summed E-state index contributed by atoms with van der Waals surface area (Å²) < 4.78 is 5.81. The topological polar surface area (TPSA) is 24.5 Å². The molecule has 1 saturated carbocycles. The minimum Gasteiger partial charge on any atom is -0.372 e. The summed E-state index contributed by atoms with van der Waals surface area (Å²) in [6, 6.07) is 7.65. The fourth-order valence-electron chi connectivity index (χ4n) is 3.01. The molecule has 0 radical (unpaired) electrons. The lowest BCUT2D eigenvalue weighted by molar-refractivity contribution is -0.00522. The van der Waals surface area contributed by atoms with Crippen LogP contribution in [0.2, 0.25) is 0 Å². The summed E-state index contributed by atoms with van der Waals surface area (Å²) >= 11 is 0. The van der Waals surface area contributed by atoms with Crippen LogP contribution in [0.4, 0.5) is 5.69 Å². The largest absolute Gasteiger partial charge is 0.372 e. The number of benzene rings is 1. The molecule has 3 nitrogen and oxygen atoms in total. The molecule has 0 spiro atoms.